The van der Waals surface area contributed by atoms with Gasteiger partial charge in [0.1, 0.15) is 5.82 Å². The summed E-state index contributed by atoms with van der Waals surface area (Å²) >= 11 is 0. The summed E-state index contributed by atoms with van der Waals surface area (Å²) < 4.78 is 13.3. The minimum absolute atomic E-state index is 0.186. The zero-order valence-corrected chi connectivity index (χ0v) is 7.33. The van der Waals surface area contributed by atoms with Crippen LogP contribution in [0.15, 0.2) is 47.5 Å². The zero-order chi connectivity index (χ0) is 9.97. The average molecular weight is 189 g/mol. The Morgan fingerprint density at radius 2 is 1.86 bits per heavy atom. The minimum atomic E-state index is -0.385. The van der Waals surface area contributed by atoms with Gasteiger partial charge < -0.3 is 4.98 Å². The zero-order valence-electron chi connectivity index (χ0n) is 7.33. The lowest BCUT2D eigenvalue weighted by Gasteiger charge is -2.00. The Balaban J connectivity index is 2.67. The van der Waals surface area contributed by atoms with Gasteiger partial charge in [0.05, 0.1) is 0 Å². The van der Waals surface area contributed by atoms with Crippen LogP contribution in [0.1, 0.15) is 0 Å². The van der Waals surface area contributed by atoms with Crippen LogP contribution in [0.3, 0.4) is 0 Å². The standard InChI is InChI=1S/C11H8FNO/c12-10-4-2-1-3-8(10)9-7-13-6-5-11(9)14/h1-7H,(H,13,14). The summed E-state index contributed by atoms with van der Waals surface area (Å²) in [7, 11) is 0. The van der Waals surface area contributed by atoms with E-state index in [4.69, 9.17) is 0 Å². The van der Waals surface area contributed by atoms with Crippen molar-refractivity contribution in [2.75, 3.05) is 0 Å². The Bertz CT molecular complexity index is 504. The number of H-pyrrole nitrogens is 1. The smallest absolute Gasteiger partial charge is 0.189 e. The summed E-state index contributed by atoms with van der Waals surface area (Å²) in [5.74, 6) is -0.385. The van der Waals surface area contributed by atoms with Crippen LogP contribution in [0.5, 0.6) is 0 Å². The SMILES string of the molecule is O=c1cc[nH]cc1-c1ccccc1F. The van der Waals surface area contributed by atoms with Crippen LogP contribution >= 0.6 is 0 Å². The molecule has 2 rings (SSSR count). The summed E-state index contributed by atoms with van der Waals surface area (Å²) in [4.78, 5) is 14.1. The molecule has 0 spiro atoms. The largest absolute Gasteiger partial charge is 0.367 e. The monoisotopic (exact) mass is 189 g/mol. The van der Waals surface area contributed by atoms with Crippen LogP contribution < -0.4 is 5.43 Å². The number of aromatic amines is 1. The van der Waals surface area contributed by atoms with Gasteiger partial charge in [0.15, 0.2) is 5.43 Å². The van der Waals surface area contributed by atoms with Crippen LogP contribution in [-0.4, -0.2) is 4.98 Å². The van der Waals surface area contributed by atoms with Crippen molar-refractivity contribution in [3.05, 3.63) is 58.8 Å². The third-order valence-corrected chi connectivity index (χ3v) is 1.99. The van der Waals surface area contributed by atoms with Gasteiger partial charge >= 0.3 is 0 Å². The van der Waals surface area contributed by atoms with Crippen LogP contribution in [0.4, 0.5) is 4.39 Å². The Kier molecular flexibility index (Phi) is 2.14. The molecule has 2 nitrogen and oxygen atoms in total. The molecular weight excluding hydrogens is 181 g/mol. The lowest BCUT2D eigenvalue weighted by Crippen LogP contribution is -2.03. The van der Waals surface area contributed by atoms with Crippen LogP contribution in [0, 0.1) is 5.82 Å². The van der Waals surface area contributed by atoms with E-state index in [1.165, 1.54) is 24.5 Å². The molecule has 3 heteroatoms. The first-order valence-electron chi connectivity index (χ1n) is 4.21. The molecule has 1 aromatic heterocycles. The fraction of sp³-hybridized carbons (Fsp3) is 0. The van der Waals surface area contributed by atoms with E-state index in [2.05, 4.69) is 4.98 Å². The van der Waals surface area contributed by atoms with Gasteiger partial charge in [-0.05, 0) is 6.07 Å². The highest BCUT2D eigenvalue weighted by Gasteiger charge is 2.06. The predicted octanol–water partition coefficient (Wildman–Crippen LogP) is 2.18. The molecule has 70 valence electrons. The van der Waals surface area contributed by atoms with Crippen molar-refractivity contribution in [3.8, 4) is 11.1 Å². The molecular formula is C11H8FNO. The second-order valence-electron chi connectivity index (χ2n) is 2.90. The van der Waals surface area contributed by atoms with Gasteiger partial charge in [-0.2, -0.15) is 0 Å². The molecule has 0 atom stereocenters. The fourth-order valence-electron chi connectivity index (χ4n) is 1.31. The number of hydrogen-bond donors (Lipinski definition) is 1. The van der Waals surface area contributed by atoms with Gasteiger partial charge in [-0.3, -0.25) is 4.79 Å². The molecule has 0 aliphatic rings. The Morgan fingerprint density at radius 1 is 1.07 bits per heavy atom. The summed E-state index contributed by atoms with van der Waals surface area (Å²) in [6, 6.07) is 7.59. The molecule has 14 heavy (non-hydrogen) atoms. The van der Waals surface area contributed by atoms with E-state index in [0.29, 0.717) is 11.1 Å². The topological polar surface area (TPSA) is 32.9 Å². The third-order valence-electron chi connectivity index (χ3n) is 1.99. The van der Waals surface area contributed by atoms with Crippen molar-refractivity contribution in [1.29, 1.82) is 0 Å². The van der Waals surface area contributed by atoms with Crippen LogP contribution in [-0.2, 0) is 0 Å². The number of aromatic nitrogens is 1. The molecule has 0 bridgehead atoms. The Hall–Kier alpha value is -1.90. The summed E-state index contributed by atoms with van der Waals surface area (Å²) in [6.07, 6.45) is 3.02. The van der Waals surface area contributed by atoms with Gasteiger partial charge in [-0.25, -0.2) is 4.39 Å². The van der Waals surface area contributed by atoms with Crippen molar-refractivity contribution in [3.63, 3.8) is 0 Å². The van der Waals surface area contributed by atoms with Gasteiger partial charge in [0.2, 0.25) is 0 Å². The Morgan fingerprint density at radius 3 is 2.57 bits per heavy atom. The maximum Gasteiger partial charge on any atom is 0.189 e. The van der Waals surface area contributed by atoms with Crippen LogP contribution in [0.25, 0.3) is 11.1 Å². The lowest BCUT2D eigenvalue weighted by molar-refractivity contribution is 0.631. The van der Waals surface area contributed by atoms with Crippen molar-refractivity contribution >= 4 is 0 Å². The van der Waals surface area contributed by atoms with Crippen molar-refractivity contribution in [2.45, 2.75) is 0 Å². The maximum absolute atomic E-state index is 13.3. The fourth-order valence-corrected chi connectivity index (χ4v) is 1.31. The van der Waals surface area contributed by atoms with Gasteiger partial charge in [0.25, 0.3) is 0 Å². The normalized spacial score (nSPS) is 10.1. The first kappa shape index (κ1) is 8.69. The molecule has 1 aromatic carbocycles. The van der Waals surface area contributed by atoms with Crippen LogP contribution in [0.2, 0.25) is 0 Å². The molecule has 0 saturated heterocycles. The number of hydrogen-bond acceptors (Lipinski definition) is 1. The van der Waals surface area contributed by atoms with E-state index >= 15 is 0 Å². The number of halogens is 1. The average Bonchev–Trinajstić information content (AvgIpc) is 2.20. The quantitative estimate of drug-likeness (QED) is 0.732. The second-order valence-corrected chi connectivity index (χ2v) is 2.90. The maximum atomic E-state index is 13.3. The summed E-state index contributed by atoms with van der Waals surface area (Å²) in [5.41, 5.74) is 0.494. The molecule has 0 amide bonds. The van der Waals surface area contributed by atoms with Gasteiger partial charge in [-0.15, -0.1) is 0 Å². The molecule has 0 saturated carbocycles. The second kappa shape index (κ2) is 3.46. The van der Waals surface area contributed by atoms with E-state index in [0.717, 1.165) is 0 Å². The number of nitrogens with one attached hydrogen (secondary N) is 1. The highest BCUT2D eigenvalue weighted by molar-refractivity contribution is 5.62. The summed E-state index contributed by atoms with van der Waals surface area (Å²) in [6.45, 7) is 0. The number of rotatable bonds is 1. The first-order valence-corrected chi connectivity index (χ1v) is 4.21. The molecule has 0 fully saturated rings. The molecule has 1 N–H and O–H groups in total. The highest BCUT2D eigenvalue weighted by atomic mass is 19.1. The molecule has 0 unspecified atom stereocenters. The van der Waals surface area contributed by atoms with E-state index < -0.39 is 0 Å². The van der Waals surface area contributed by atoms with E-state index in [9.17, 15) is 9.18 Å². The first-order chi connectivity index (χ1) is 6.79. The molecule has 2 aromatic rings. The van der Waals surface area contributed by atoms with E-state index in [-0.39, 0.29) is 11.2 Å². The van der Waals surface area contributed by atoms with Crippen molar-refractivity contribution in [1.82, 2.24) is 4.98 Å². The highest BCUT2D eigenvalue weighted by Crippen LogP contribution is 2.17. The molecule has 0 aliphatic carbocycles. The predicted molar refractivity (Wildman–Crippen MR) is 52.5 cm³/mol. The van der Waals surface area contributed by atoms with E-state index in [1.54, 1.807) is 18.2 Å². The number of benzene rings is 1. The van der Waals surface area contributed by atoms with Gasteiger partial charge in [0, 0.05) is 29.6 Å². The van der Waals surface area contributed by atoms with E-state index in [1.807, 2.05) is 0 Å². The van der Waals surface area contributed by atoms with Gasteiger partial charge in [-0.1, -0.05) is 18.2 Å². The number of pyridine rings is 1. The third kappa shape index (κ3) is 1.44. The molecule has 0 radical (unpaired) electrons. The van der Waals surface area contributed by atoms with Crippen molar-refractivity contribution in [2.24, 2.45) is 0 Å². The lowest BCUT2D eigenvalue weighted by atomic mass is 10.1. The summed E-state index contributed by atoms with van der Waals surface area (Å²) in [5, 5.41) is 0. The molecule has 0 aliphatic heterocycles. The minimum Gasteiger partial charge on any atom is -0.367 e. The molecule has 1 heterocycles. The Labute approximate surface area is 80.0 Å². The van der Waals surface area contributed by atoms with Crippen molar-refractivity contribution < 1.29 is 4.39 Å².